The summed E-state index contributed by atoms with van der Waals surface area (Å²) in [5, 5.41) is 13.2. The molecule has 0 aliphatic heterocycles. The molecule has 4 nitrogen and oxygen atoms in total. The number of nitro groups is 1. The SMILES string of the molecule is O=[N+]([O-])c1cc(NCc2ccc(Br)c(F)c2)c(F)cc1F. The molecule has 0 radical (unpaired) electrons. The summed E-state index contributed by atoms with van der Waals surface area (Å²) in [6, 6.07) is 5.50. The minimum atomic E-state index is -1.25. The zero-order valence-corrected chi connectivity index (χ0v) is 12.0. The van der Waals surface area contributed by atoms with Crippen molar-refractivity contribution in [1.82, 2.24) is 0 Å². The first kappa shape index (κ1) is 15.3. The van der Waals surface area contributed by atoms with Crippen LogP contribution in [0.4, 0.5) is 24.5 Å². The lowest BCUT2D eigenvalue weighted by Crippen LogP contribution is -2.04. The number of nitro benzene ring substituents is 1. The van der Waals surface area contributed by atoms with Crippen LogP contribution >= 0.6 is 15.9 Å². The fraction of sp³-hybridized carbons (Fsp3) is 0.0769. The molecule has 2 rings (SSSR count). The highest BCUT2D eigenvalue weighted by Crippen LogP contribution is 2.25. The number of anilines is 1. The van der Waals surface area contributed by atoms with E-state index in [4.69, 9.17) is 0 Å². The normalized spacial score (nSPS) is 10.5. The molecule has 110 valence electrons. The molecule has 0 aliphatic carbocycles. The van der Waals surface area contributed by atoms with Crippen LogP contribution in [0.1, 0.15) is 5.56 Å². The molecule has 2 aromatic carbocycles. The summed E-state index contributed by atoms with van der Waals surface area (Å²) in [5.74, 6) is -2.70. The molecule has 0 fully saturated rings. The highest BCUT2D eigenvalue weighted by molar-refractivity contribution is 9.10. The maximum atomic E-state index is 13.5. The van der Waals surface area contributed by atoms with Gasteiger partial charge < -0.3 is 5.32 Å². The molecule has 8 heteroatoms. The first-order valence-electron chi connectivity index (χ1n) is 5.69. The van der Waals surface area contributed by atoms with Crippen LogP contribution in [-0.2, 0) is 6.54 Å². The van der Waals surface area contributed by atoms with E-state index in [-0.39, 0.29) is 16.7 Å². The number of hydrogen-bond acceptors (Lipinski definition) is 3. The van der Waals surface area contributed by atoms with Gasteiger partial charge in [-0.05, 0) is 33.6 Å². The molecular weight excluding hydrogens is 353 g/mol. The molecule has 21 heavy (non-hydrogen) atoms. The van der Waals surface area contributed by atoms with Crippen molar-refractivity contribution in [3.8, 4) is 0 Å². The molecule has 0 saturated heterocycles. The van der Waals surface area contributed by atoms with Gasteiger partial charge in [-0.15, -0.1) is 0 Å². The highest BCUT2D eigenvalue weighted by atomic mass is 79.9. The third-order valence-corrected chi connectivity index (χ3v) is 3.34. The number of halogens is 4. The predicted molar refractivity (Wildman–Crippen MR) is 74.4 cm³/mol. The van der Waals surface area contributed by atoms with Gasteiger partial charge in [0, 0.05) is 18.7 Å². The molecule has 0 unspecified atom stereocenters. The van der Waals surface area contributed by atoms with E-state index in [1.54, 1.807) is 6.07 Å². The van der Waals surface area contributed by atoms with Gasteiger partial charge in [-0.1, -0.05) is 6.07 Å². The van der Waals surface area contributed by atoms with E-state index in [1.165, 1.54) is 12.1 Å². The topological polar surface area (TPSA) is 55.2 Å². The average molecular weight is 361 g/mol. The largest absolute Gasteiger partial charge is 0.378 e. The van der Waals surface area contributed by atoms with Gasteiger partial charge in [-0.2, -0.15) is 4.39 Å². The summed E-state index contributed by atoms with van der Waals surface area (Å²) >= 11 is 3.00. The van der Waals surface area contributed by atoms with E-state index in [1.807, 2.05) is 0 Å². The van der Waals surface area contributed by atoms with Crippen LogP contribution in [0.2, 0.25) is 0 Å². The second-order valence-corrected chi connectivity index (χ2v) is 5.00. The van der Waals surface area contributed by atoms with Gasteiger partial charge in [-0.25, -0.2) is 8.78 Å². The minimum Gasteiger partial charge on any atom is -0.378 e. The van der Waals surface area contributed by atoms with Crippen molar-refractivity contribution in [2.24, 2.45) is 0 Å². The Morgan fingerprint density at radius 1 is 1.10 bits per heavy atom. The molecule has 0 aromatic heterocycles. The number of hydrogen-bond donors (Lipinski definition) is 1. The van der Waals surface area contributed by atoms with Crippen molar-refractivity contribution >= 4 is 27.3 Å². The Balaban J connectivity index is 2.21. The first-order chi connectivity index (χ1) is 9.88. The smallest absolute Gasteiger partial charge is 0.307 e. The maximum absolute atomic E-state index is 13.5. The molecule has 0 heterocycles. The van der Waals surface area contributed by atoms with Gasteiger partial charge in [0.25, 0.3) is 0 Å². The van der Waals surface area contributed by atoms with Crippen LogP contribution in [0, 0.1) is 27.6 Å². The van der Waals surface area contributed by atoms with E-state index >= 15 is 0 Å². The van der Waals surface area contributed by atoms with E-state index < -0.39 is 28.1 Å². The summed E-state index contributed by atoms with van der Waals surface area (Å²) in [4.78, 5) is 9.66. The van der Waals surface area contributed by atoms with Gasteiger partial charge in [0.05, 0.1) is 15.1 Å². The summed E-state index contributed by atoms with van der Waals surface area (Å²) < 4.78 is 40.3. The Morgan fingerprint density at radius 3 is 2.43 bits per heavy atom. The average Bonchev–Trinajstić information content (AvgIpc) is 2.41. The zero-order valence-electron chi connectivity index (χ0n) is 10.4. The fourth-order valence-electron chi connectivity index (χ4n) is 1.66. The molecular formula is C13H8BrF3N2O2. The lowest BCUT2D eigenvalue weighted by Gasteiger charge is -2.08. The van der Waals surface area contributed by atoms with Crippen LogP contribution in [0.15, 0.2) is 34.8 Å². The summed E-state index contributed by atoms with van der Waals surface area (Å²) in [7, 11) is 0. The molecule has 0 saturated carbocycles. The Morgan fingerprint density at radius 2 is 1.81 bits per heavy atom. The van der Waals surface area contributed by atoms with Gasteiger partial charge in [0.1, 0.15) is 11.6 Å². The van der Waals surface area contributed by atoms with Crippen molar-refractivity contribution in [2.45, 2.75) is 6.54 Å². The van der Waals surface area contributed by atoms with Crippen LogP contribution in [-0.4, -0.2) is 4.92 Å². The van der Waals surface area contributed by atoms with Crippen LogP contribution in [0.25, 0.3) is 0 Å². The quantitative estimate of drug-likeness (QED) is 0.649. The molecule has 2 aromatic rings. The molecule has 0 bridgehead atoms. The zero-order chi connectivity index (χ0) is 15.6. The van der Waals surface area contributed by atoms with Crippen LogP contribution in [0.3, 0.4) is 0 Å². The molecule has 0 spiro atoms. The van der Waals surface area contributed by atoms with Gasteiger partial charge in [-0.3, -0.25) is 10.1 Å². The van der Waals surface area contributed by atoms with Crippen molar-refractivity contribution in [3.63, 3.8) is 0 Å². The Labute approximate surface area is 125 Å². The molecule has 1 N–H and O–H groups in total. The second kappa shape index (κ2) is 6.13. The third-order valence-electron chi connectivity index (χ3n) is 2.70. The van der Waals surface area contributed by atoms with Crippen molar-refractivity contribution < 1.29 is 18.1 Å². The van der Waals surface area contributed by atoms with Crippen molar-refractivity contribution in [3.05, 3.63) is 67.9 Å². The number of nitrogens with one attached hydrogen (secondary N) is 1. The predicted octanol–water partition coefficient (Wildman–Crippen LogP) is 4.39. The van der Waals surface area contributed by atoms with Gasteiger partial charge >= 0.3 is 5.69 Å². The molecule has 0 amide bonds. The van der Waals surface area contributed by atoms with Crippen molar-refractivity contribution in [1.29, 1.82) is 0 Å². The lowest BCUT2D eigenvalue weighted by atomic mass is 10.2. The van der Waals surface area contributed by atoms with E-state index in [9.17, 15) is 23.3 Å². The van der Waals surface area contributed by atoms with Gasteiger partial charge in [0.15, 0.2) is 0 Å². The Kier molecular flexibility index (Phi) is 4.46. The summed E-state index contributed by atoms with van der Waals surface area (Å²) in [6.07, 6.45) is 0. The monoisotopic (exact) mass is 360 g/mol. The standard InChI is InChI=1S/C13H8BrF3N2O2/c14-8-2-1-7(3-9(8)15)6-18-12-5-13(19(20)21)11(17)4-10(12)16/h1-5,18H,6H2. The van der Waals surface area contributed by atoms with E-state index in [0.717, 1.165) is 6.07 Å². The Bertz CT molecular complexity index is 710. The van der Waals surface area contributed by atoms with E-state index in [0.29, 0.717) is 11.6 Å². The molecule has 0 atom stereocenters. The number of rotatable bonds is 4. The summed E-state index contributed by atoms with van der Waals surface area (Å²) in [5.41, 5.74) is -0.561. The Hall–Kier alpha value is -2.09. The third kappa shape index (κ3) is 3.52. The van der Waals surface area contributed by atoms with Crippen LogP contribution < -0.4 is 5.32 Å². The van der Waals surface area contributed by atoms with E-state index in [2.05, 4.69) is 21.2 Å². The van der Waals surface area contributed by atoms with Crippen molar-refractivity contribution in [2.75, 3.05) is 5.32 Å². The maximum Gasteiger partial charge on any atom is 0.307 e. The number of benzene rings is 2. The second-order valence-electron chi connectivity index (χ2n) is 4.14. The lowest BCUT2D eigenvalue weighted by molar-refractivity contribution is -0.387. The summed E-state index contributed by atoms with van der Waals surface area (Å²) in [6.45, 7) is 0.0317. The highest BCUT2D eigenvalue weighted by Gasteiger charge is 2.18. The minimum absolute atomic E-state index is 0.0317. The first-order valence-corrected chi connectivity index (χ1v) is 6.49. The van der Waals surface area contributed by atoms with Crippen LogP contribution in [0.5, 0.6) is 0 Å². The van der Waals surface area contributed by atoms with Gasteiger partial charge in [0.2, 0.25) is 5.82 Å². The fourth-order valence-corrected chi connectivity index (χ4v) is 1.91. The molecule has 0 aliphatic rings. The number of nitrogens with zero attached hydrogens (tertiary/aromatic N) is 1.